The molecule has 0 radical (unpaired) electrons. The Hall–Kier alpha value is -1.35. The van der Waals surface area contributed by atoms with Gasteiger partial charge in [-0.05, 0) is 78.0 Å². The Morgan fingerprint density at radius 1 is 0.878 bits per heavy atom. The number of nitrogens with two attached hydrogens (primary N) is 1. The quantitative estimate of drug-likeness (QED) is 0.173. The summed E-state index contributed by atoms with van der Waals surface area (Å²) < 4.78 is 0. The van der Waals surface area contributed by atoms with Crippen LogP contribution in [-0.4, -0.2) is 17.6 Å². The first-order valence-corrected chi connectivity index (χ1v) is 17.7. The summed E-state index contributed by atoms with van der Waals surface area (Å²) in [5.74, 6) is 0.724. The van der Waals surface area contributed by atoms with Crippen LogP contribution in [0.1, 0.15) is 186 Å². The molecule has 41 heavy (non-hydrogen) atoms. The number of aliphatic carboxylic acids is 1. The number of aryl methyl sites for hydroxylation is 1. The Kier molecular flexibility index (Phi) is 16.6. The predicted molar refractivity (Wildman–Crippen MR) is 178 cm³/mol. The second kappa shape index (κ2) is 19.0. The van der Waals surface area contributed by atoms with Gasteiger partial charge in [-0.3, -0.25) is 4.79 Å². The fraction of sp³-hybridized carbons (Fsp3) is 0.816. The molecule has 3 unspecified atom stereocenters. The van der Waals surface area contributed by atoms with Crippen LogP contribution in [0.5, 0.6) is 0 Å². The van der Waals surface area contributed by atoms with Gasteiger partial charge in [-0.25, -0.2) is 0 Å². The minimum Gasteiger partial charge on any atom is -0.481 e. The Labute approximate surface area is 254 Å². The second-order valence-corrected chi connectivity index (χ2v) is 14.4. The van der Waals surface area contributed by atoms with Crippen molar-refractivity contribution < 1.29 is 9.90 Å². The lowest BCUT2D eigenvalue weighted by molar-refractivity contribution is -0.137. The maximum absolute atomic E-state index is 10.3. The van der Waals surface area contributed by atoms with E-state index in [4.69, 9.17) is 10.8 Å². The van der Waals surface area contributed by atoms with E-state index in [0.29, 0.717) is 23.2 Å². The van der Waals surface area contributed by atoms with Crippen LogP contribution in [0.2, 0.25) is 0 Å². The average Bonchev–Trinajstić information content (AvgIpc) is 2.95. The van der Waals surface area contributed by atoms with Crippen LogP contribution in [0.3, 0.4) is 0 Å². The summed E-state index contributed by atoms with van der Waals surface area (Å²) in [6.07, 6.45) is 26.7. The molecule has 1 aromatic rings. The SMILES string of the molecule is CC(C)c1ccc2c(c1)CCC1C(C)(CN)CCCC21C.CCCCCCCCCCCCCCCCCC(=O)O. The first kappa shape index (κ1) is 35.8. The number of unbranched alkanes of at least 4 members (excludes halogenated alkanes) is 14. The molecule has 3 nitrogen and oxygen atoms in total. The zero-order chi connectivity index (χ0) is 30.1. The van der Waals surface area contributed by atoms with E-state index in [1.165, 1.54) is 121 Å². The first-order chi connectivity index (χ1) is 19.7. The summed E-state index contributed by atoms with van der Waals surface area (Å²) in [6.45, 7) is 12.6. The number of carboxylic acids is 1. The van der Waals surface area contributed by atoms with Crippen molar-refractivity contribution in [2.24, 2.45) is 17.1 Å². The van der Waals surface area contributed by atoms with Gasteiger partial charge in [-0.2, -0.15) is 0 Å². The van der Waals surface area contributed by atoms with E-state index in [9.17, 15) is 4.79 Å². The Balaban J connectivity index is 0.000000288. The van der Waals surface area contributed by atoms with Crippen molar-refractivity contribution >= 4 is 5.97 Å². The zero-order valence-electron chi connectivity index (χ0n) is 27.9. The van der Waals surface area contributed by atoms with Gasteiger partial charge in [0.25, 0.3) is 0 Å². The molecule has 0 bridgehead atoms. The van der Waals surface area contributed by atoms with E-state index in [-0.39, 0.29) is 0 Å². The van der Waals surface area contributed by atoms with Crippen LogP contribution in [0.4, 0.5) is 0 Å². The second-order valence-electron chi connectivity index (χ2n) is 14.4. The lowest BCUT2D eigenvalue weighted by Crippen LogP contribution is -2.51. The van der Waals surface area contributed by atoms with E-state index >= 15 is 0 Å². The molecule has 3 heteroatoms. The monoisotopic (exact) mass is 570 g/mol. The molecule has 1 aromatic carbocycles. The average molecular weight is 570 g/mol. The number of rotatable bonds is 18. The van der Waals surface area contributed by atoms with Gasteiger partial charge < -0.3 is 10.8 Å². The Morgan fingerprint density at radius 3 is 1.90 bits per heavy atom. The van der Waals surface area contributed by atoms with E-state index in [2.05, 4.69) is 52.8 Å². The number of carbonyl (C=O) groups is 1. The topological polar surface area (TPSA) is 63.3 Å². The fourth-order valence-electron chi connectivity index (χ4n) is 7.89. The molecule has 0 aliphatic heterocycles. The van der Waals surface area contributed by atoms with Crippen molar-refractivity contribution in [3.63, 3.8) is 0 Å². The lowest BCUT2D eigenvalue weighted by atomic mass is 9.50. The van der Waals surface area contributed by atoms with Crippen LogP contribution >= 0.6 is 0 Å². The summed E-state index contributed by atoms with van der Waals surface area (Å²) in [5.41, 5.74) is 11.6. The highest BCUT2D eigenvalue weighted by molar-refractivity contribution is 5.66. The third-order valence-corrected chi connectivity index (χ3v) is 10.6. The number of benzene rings is 1. The van der Waals surface area contributed by atoms with Gasteiger partial charge in [-0.15, -0.1) is 0 Å². The number of hydrogen-bond acceptors (Lipinski definition) is 2. The molecular formula is C38H67NO2. The maximum Gasteiger partial charge on any atom is 0.303 e. The number of hydrogen-bond donors (Lipinski definition) is 2. The third-order valence-electron chi connectivity index (χ3n) is 10.6. The summed E-state index contributed by atoms with van der Waals surface area (Å²) in [7, 11) is 0. The van der Waals surface area contributed by atoms with Crippen LogP contribution < -0.4 is 5.73 Å². The third kappa shape index (κ3) is 11.7. The largest absolute Gasteiger partial charge is 0.481 e. The minimum absolute atomic E-state index is 0.335. The summed E-state index contributed by atoms with van der Waals surface area (Å²) in [4.78, 5) is 10.3. The molecule has 0 heterocycles. The number of carboxylic acid groups (broad SMARTS) is 1. The molecule has 3 rings (SSSR count). The van der Waals surface area contributed by atoms with E-state index in [0.717, 1.165) is 25.3 Å². The van der Waals surface area contributed by atoms with Crippen molar-refractivity contribution in [3.05, 3.63) is 34.9 Å². The van der Waals surface area contributed by atoms with Gasteiger partial charge in [0.1, 0.15) is 0 Å². The van der Waals surface area contributed by atoms with E-state index < -0.39 is 5.97 Å². The highest BCUT2D eigenvalue weighted by Crippen LogP contribution is 2.56. The highest BCUT2D eigenvalue weighted by atomic mass is 16.4. The molecule has 236 valence electrons. The minimum atomic E-state index is -0.653. The predicted octanol–water partition coefficient (Wildman–Crippen LogP) is 11.1. The molecule has 1 saturated carbocycles. The van der Waals surface area contributed by atoms with Gasteiger partial charge in [0.05, 0.1) is 0 Å². The Morgan fingerprint density at radius 2 is 1.41 bits per heavy atom. The van der Waals surface area contributed by atoms with Crippen LogP contribution in [0.15, 0.2) is 18.2 Å². The van der Waals surface area contributed by atoms with Crippen molar-refractivity contribution in [1.29, 1.82) is 0 Å². The maximum atomic E-state index is 10.3. The molecule has 3 N–H and O–H groups in total. The van der Waals surface area contributed by atoms with Crippen LogP contribution in [0.25, 0.3) is 0 Å². The summed E-state index contributed by atoms with van der Waals surface area (Å²) in [6, 6.07) is 7.29. The Bertz CT molecular complexity index is 864. The van der Waals surface area contributed by atoms with Gasteiger partial charge in [0, 0.05) is 6.42 Å². The van der Waals surface area contributed by atoms with Gasteiger partial charge in [-0.1, -0.05) is 149 Å². The van der Waals surface area contributed by atoms with Crippen LogP contribution in [-0.2, 0) is 16.6 Å². The van der Waals surface area contributed by atoms with Crippen molar-refractivity contribution in [2.45, 2.75) is 181 Å². The molecule has 1 fully saturated rings. The first-order valence-electron chi connectivity index (χ1n) is 17.7. The van der Waals surface area contributed by atoms with Gasteiger partial charge >= 0.3 is 5.97 Å². The highest BCUT2D eigenvalue weighted by Gasteiger charge is 2.51. The molecule has 3 atom stereocenters. The molecule has 0 saturated heterocycles. The van der Waals surface area contributed by atoms with Gasteiger partial charge in [0.15, 0.2) is 0 Å². The standard InChI is InChI=1S/C20H31N.C18H36O2/c1-14(2)15-6-8-17-16(12-15)7-9-18-19(3,13-21)10-5-11-20(17,18)4;1-2-3-4-5-6-7-8-9-10-11-12-13-14-15-16-17-18(19)20/h6,8,12,14,18H,5,7,9-11,13,21H2,1-4H3;2-17H2,1H3,(H,19,20). The number of fused-ring (bicyclic) bond motifs is 3. The molecule has 0 spiro atoms. The van der Waals surface area contributed by atoms with Crippen molar-refractivity contribution in [2.75, 3.05) is 6.54 Å². The van der Waals surface area contributed by atoms with E-state index in [1.807, 2.05) is 0 Å². The normalized spacial score (nSPS) is 23.4. The van der Waals surface area contributed by atoms with Crippen molar-refractivity contribution in [3.8, 4) is 0 Å². The molecule has 0 aromatic heterocycles. The smallest absolute Gasteiger partial charge is 0.303 e. The fourth-order valence-corrected chi connectivity index (χ4v) is 7.89. The molecule has 2 aliphatic rings. The van der Waals surface area contributed by atoms with Crippen LogP contribution in [0, 0.1) is 11.3 Å². The lowest BCUT2D eigenvalue weighted by Gasteiger charge is -2.55. The molecule has 2 aliphatic carbocycles. The molecule has 0 amide bonds. The summed E-state index contributed by atoms with van der Waals surface area (Å²) in [5, 5.41) is 8.52. The molecular weight excluding hydrogens is 502 g/mol. The van der Waals surface area contributed by atoms with E-state index in [1.54, 1.807) is 11.1 Å². The van der Waals surface area contributed by atoms with Crippen molar-refractivity contribution in [1.82, 2.24) is 0 Å². The summed E-state index contributed by atoms with van der Waals surface area (Å²) >= 11 is 0. The zero-order valence-corrected chi connectivity index (χ0v) is 27.9. The van der Waals surface area contributed by atoms with Gasteiger partial charge in [0.2, 0.25) is 0 Å².